The fraction of sp³-hybridized carbons (Fsp3) is 0.364. The number of rotatable bonds is 5. The predicted molar refractivity (Wildman–Crippen MR) is 63.0 cm³/mol. The Morgan fingerprint density at radius 3 is 2.61 bits per heavy atom. The number of benzene rings is 1. The lowest BCUT2D eigenvalue weighted by Crippen LogP contribution is -2.31. The Bertz CT molecular complexity index is 488. The maximum atomic E-state index is 13.5. The third kappa shape index (κ3) is 3.16. The van der Waals surface area contributed by atoms with Crippen LogP contribution in [0.2, 0.25) is 0 Å². The molecule has 98 valence electrons. The molecule has 0 spiro atoms. The summed E-state index contributed by atoms with van der Waals surface area (Å²) in [5.74, 6) is -1.80. The zero-order valence-electron chi connectivity index (χ0n) is 9.94. The predicted octanol–water partition coefficient (Wildman–Crippen LogP) is 2.26. The number of carboxylic acid groups (broad SMARTS) is 1. The van der Waals surface area contributed by atoms with Gasteiger partial charge in [-0.15, -0.1) is 0 Å². The molecule has 0 radical (unpaired) electrons. The average Bonchev–Trinajstić information content (AvgIpc) is 2.26. The molecule has 1 aromatic carbocycles. The minimum Gasteiger partial charge on any atom is -0.481 e. The summed E-state index contributed by atoms with van der Waals surface area (Å²) in [5, 5.41) is 21.9. The summed E-state index contributed by atoms with van der Waals surface area (Å²) in [6.45, 7) is 2.99. The Balaban J connectivity index is 2.81. The third-order valence-electron chi connectivity index (χ3n) is 2.46. The first-order valence-electron chi connectivity index (χ1n) is 5.15. The van der Waals surface area contributed by atoms with Gasteiger partial charge in [-0.25, -0.2) is 4.39 Å². The van der Waals surface area contributed by atoms with E-state index in [2.05, 4.69) is 5.32 Å². The Labute approximate surface area is 103 Å². The second kappa shape index (κ2) is 4.99. The standard InChI is InChI=1S/C11H13FN2O4/c1-11(2,10(15)16)6-13-9-4-3-7(14(17)18)5-8(9)12/h3-5,13H,6H2,1-2H3,(H,15,16). The molecule has 0 bridgehead atoms. The van der Waals surface area contributed by atoms with Gasteiger partial charge >= 0.3 is 5.97 Å². The molecule has 0 aromatic heterocycles. The van der Waals surface area contributed by atoms with Crippen molar-refractivity contribution in [3.8, 4) is 0 Å². The monoisotopic (exact) mass is 256 g/mol. The Kier molecular flexibility index (Phi) is 3.85. The summed E-state index contributed by atoms with van der Waals surface area (Å²) in [6.07, 6.45) is 0. The zero-order chi connectivity index (χ0) is 13.9. The smallest absolute Gasteiger partial charge is 0.310 e. The molecule has 0 amide bonds. The van der Waals surface area contributed by atoms with Crippen molar-refractivity contribution < 1.29 is 19.2 Å². The summed E-state index contributed by atoms with van der Waals surface area (Å²) < 4.78 is 13.5. The van der Waals surface area contributed by atoms with Crippen molar-refractivity contribution in [1.82, 2.24) is 0 Å². The number of nitrogens with zero attached hydrogens (tertiary/aromatic N) is 1. The van der Waals surface area contributed by atoms with E-state index in [1.54, 1.807) is 0 Å². The molecule has 7 heteroatoms. The molecule has 0 atom stereocenters. The van der Waals surface area contributed by atoms with Crippen LogP contribution in [0, 0.1) is 21.3 Å². The molecule has 0 aliphatic rings. The molecule has 0 aliphatic heterocycles. The van der Waals surface area contributed by atoms with Crippen LogP contribution >= 0.6 is 0 Å². The molecular formula is C11H13FN2O4. The lowest BCUT2D eigenvalue weighted by molar-refractivity contribution is -0.385. The van der Waals surface area contributed by atoms with Gasteiger partial charge in [0.15, 0.2) is 5.82 Å². The van der Waals surface area contributed by atoms with Crippen LogP contribution in [0.4, 0.5) is 15.8 Å². The lowest BCUT2D eigenvalue weighted by Gasteiger charge is -2.20. The van der Waals surface area contributed by atoms with Crippen LogP contribution in [-0.2, 0) is 4.79 Å². The molecule has 0 saturated carbocycles. The van der Waals surface area contributed by atoms with Gasteiger partial charge in [0.25, 0.3) is 5.69 Å². The maximum absolute atomic E-state index is 13.5. The molecule has 0 saturated heterocycles. The average molecular weight is 256 g/mol. The fourth-order valence-electron chi connectivity index (χ4n) is 1.15. The van der Waals surface area contributed by atoms with Gasteiger partial charge in [-0.2, -0.15) is 0 Å². The second-order valence-electron chi connectivity index (χ2n) is 4.46. The normalized spacial score (nSPS) is 11.1. The molecule has 0 aliphatic carbocycles. The molecule has 18 heavy (non-hydrogen) atoms. The van der Waals surface area contributed by atoms with Gasteiger partial charge < -0.3 is 10.4 Å². The van der Waals surface area contributed by atoms with Crippen molar-refractivity contribution in [3.63, 3.8) is 0 Å². The Morgan fingerprint density at radius 1 is 1.56 bits per heavy atom. The molecule has 0 heterocycles. The number of hydrogen-bond donors (Lipinski definition) is 2. The summed E-state index contributed by atoms with van der Waals surface area (Å²) in [7, 11) is 0. The van der Waals surface area contributed by atoms with Crippen molar-refractivity contribution in [1.29, 1.82) is 0 Å². The van der Waals surface area contributed by atoms with Gasteiger partial charge in [0.1, 0.15) is 0 Å². The molecule has 6 nitrogen and oxygen atoms in total. The van der Waals surface area contributed by atoms with Crippen LogP contribution in [0.15, 0.2) is 18.2 Å². The third-order valence-corrected chi connectivity index (χ3v) is 2.46. The second-order valence-corrected chi connectivity index (χ2v) is 4.46. The van der Waals surface area contributed by atoms with Crippen molar-refractivity contribution in [2.45, 2.75) is 13.8 Å². The first-order chi connectivity index (χ1) is 8.24. The fourth-order valence-corrected chi connectivity index (χ4v) is 1.15. The molecule has 0 unspecified atom stereocenters. The van der Waals surface area contributed by atoms with E-state index in [0.29, 0.717) is 0 Å². The first kappa shape index (κ1) is 13.9. The van der Waals surface area contributed by atoms with E-state index >= 15 is 0 Å². The van der Waals surface area contributed by atoms with E-state index < -0.39 is 22.1 Å². The van der Waals surface area contributed by atoms with E-state index in [9.17, 15) is 19.3 Å². The van der Waals surface area contributed by atoms with Crippen molar-refractivity contribution in [2.75, 3.05) is 11.9 Å². The van der Waals surface area contributed by atoms with Crippen molar-refractivity contribution in [3.05, 3.63) is 34.1 Å². The van der Waals surface area contributed by atoms with E-state index in [1.165, 1.54) is 19.9 Å². The summed E-state index contributed by atoms with van der Waals surface area (Å²) in [6, 6.07) is 3.15. The molecule has 0 fully saturated rings. The van der Waals surface area contributed by atoms with Crippen LogP contribution in [0.25, 0.3) is 0 Å². The highest BCUT2D eigenvalue weighted by atomic mass is 19.1. The van der Waals surface area contributed by atoms with Gasteiger partial charge in [-0.3, -0.25) is 14.9 Å². The molecule has 1 rings (SSSR count). The van der Waals surface area contributed by atoms with Crippen LogP contribution in [0.3, 0.4) is 0 Å². The summed E-state index contributed by atoms with van der Waals surface area (Å²) >= 11 is 0. The number of non-ortho nitro benzene ring substituents is 1. The maximum Gasteiger partial charge on any atom is 0.310 e. The first-order valence-corrected chi connectivity index (χ1v) is 5.15. The molecule has 2 N–H and O–H groups in total. The SMILES string of the molecule is CC(C)(CNc1ccc([N+](=O)[O-])cc1F)C(=O)O. The summed E-state index contributed by atoms with van der Waals surface area (Å²) in [4.78, 5) is 20.6. The number of hydrogen-bond acceptors (Lipinski definition) is 4. The van der Waals surface area contributed by atoms with Crippen molar-refractivity contribution in [2.24, 2.45) is 5.41 Å². The molecule has 1 aromatic rings. The number of aliphatic carboxylic acids is 1. The Morgan fingerprint density at radius 2 is 2.17 bits per heavy atom. The lowest BCUT2D eigenvalue weighted by atomic mass is 9.94. The minimum absolute atomic E-state index is 0.0110. The van der Waals surface area contributed by atoms with Gasteiger partial charge in [0.2, 0.25) is 0 Å². The number of halogens is 1. The number of anilines is 1. The van der Waals surface area contributed by atoms with Crippen LogP contribution in [0.5, 0.6) is 0 Å². The quantitative estimate of drug-likeness (QED) is 0.622. The van der Waals surface area contributed by atoms with Crippen LogP contribution < -0.4 is 5.32 Å². The number of nitro benzene ring substituents is 1. The number of nitro groups is 1. The van der Waals surface area contributed by atoms with E-state index in [4.69, 9.17) is 5.11 Å². The highest BCUT2D eigenvalue weighted by Gasteiger charge is 2.27. The zero-order valence-corrected chi connectivity index (χ0v) is 9.94. The van der Waals surface area contributed by atoms with E-state index in [1.807, 2.05) is 0 Å². The van der Waals surface area contributed by atoms with Gasteiger partial charge in [0.05, 0.1) is 22.1 Å². The van der Waals surface area contributed by atoms with Crippen molar-refractivity contribution >= 4 is 17.3 Å². The van der Waals surface area contributed by atoms with Gasteiger partial charge in [0, 0.05) is 12.6 Å². The largest absolute Gasteiger partial charge is 0.481 e. The number of carboxylic acids is 1. The van der Waals surface area contributed by atoms with E-state index in [-0.39, 0.29) is 17.9 Å². The Hall–Kier alpha value is -2.18. The van der Waals surface area contributed by atoms with Gasteiger partial charge in [-0.05, 0) is 19.9 Å². The number of carbonyl (C=O) groups is 1. The van der Waals surface area contributed by atoms with Gasteiger partial charge in [-0.1, -0.05) is 0 Å². The highest BCUT2D eigenvalue weighted by molar-refractivity contribution is 5.74. The van der Waals surface area contributed by atoms with Crippen LogP contribution in [-0.4, -0.2) is 22.5 Å². The topological polar surface area (TPSA) is 92.5 Å². The highest BCUT2D eigenvalue weighted by Crippen LogP contribution is 2.22. The van der Waals surface area contributed by atoms with Crippen LogP contribution in [0.1, 0.15) is 13.8 Å². The number of nitrogens with one attached hydrogen (secondary N) is 1. The summed E-state index contributed by atoms with van der Waals surface area (Å²) in [5.41, 5.74) is -1.38. The molecular weight excluding hydrogens is 243 g/mol. The van der Waals surface area contributed by atoms with E-state index in [0.717, 1.165) is 12.1 Å². The minimum atomic E-state index is -1.06.